The van der Waals surface area contributed by atoms with Gasteiger partial charge >= 0.3 is 0 Å². The molecule has 0 amide bonds. The Balaban J connectivity index is 2.37. The Bertz CT molecular complexity index is 532. The SMILES string of the molecule is N#CC(=Cc1ccco1)c1ccc(F)cc1. The summed E-state index contributed by atoms with van der Waals surface area (Å²) in [5.41, 5.74) is 1.11. The molecule has 0 atom stereocenters. The highest BCUT2D eigenvalue weighted by Crippen LogP contribution is 2.18. The minimum atomic E-state index is -0.320. The maximum absolute atomic E-state index is 12.7. The molecule has 0 aliphatic rings. The molecule has 78 valence electrons. The predicted molar refractivity (Wildman–Crippen MR) is 58.6 cm³/mol. The van der Waals surface area contributed by atoms with Crippen molar-refractivity contribution in [2.45, 2.75) is 0 Å². The Morgan fingerprint density at radius 2 is 2.00 bits per heavy atom. The van der Waals surface area contributed by atoms with Crippen molar-refractivity contribution in [3.05, 3.63) is 59.8 Å². The Labute approximate surface area is 92.2 Å². The fourth-order valence-electron chi connectivity index (χ4n) is 1.33. The van der Waals surface area contributed by atoms with Crippen molar-refractivity contribution in [3.8, 4) is 6.07 Å². The molecule has 0 spiro atoms. The molecule has 0 radical (unpaired) electrons. The maximum atomic E-state index is 12.7. The highest BCUT2D eigenvalue weighted by atomic mass is 19.1. The van der Waals surface area contributed by atoms with Gasteiger partial charge in [-0.2, -0.15) is 5.26 Å². The number of allylic oxidation sites excluding steroid dienone is 1. The summed E-state index contributed by atoms with van der Waals surface area (Å²) in [6.07, 6.45) is 3.15. The average Bonchev–Trinajstić information content (AvgIpc) is 2.80. The Hall–Kier alpha value is -2.34. The number of nitrogens with zero attached hydrogens (tertiary/aromatic N) is 1. The van der Waals surface area contributed by atoms with Gasteiger partial charge in [-0.15, -0.1) is 0 Å². The molecule has 2 rings (SSSR count). The monoisotopic (exact) mass is 213 g/mol. The van der Waals surface area contributed by atoms with Crippen LogP contribution in [0.1, 0.15) is 11.3 Å². The number of halogens is 1. The Morgan fingerprint density at radius 3 is 2.56 bits per heavy atom. The predicted octanol–water partition coefficient (Wildman–Crippen LogP) is 3.48. The van der Waals surface area contributed by atoms with Gasteiger partial charge in [0.25, 0.3) is 0 Å². The zero-order valence-corrected chi connectivity index (χ0v) is 8.35. The summed E-state index contributed by atoms with van der Waals surface area (Å²) in [5.74, 6) is 0.278. The van der Waals surface area contributed by atoms with E-state index in [0.717, 1.165) is 0 Å². The molecule has 2 nitrogen and oxygen atoms in total. The minimum Gasteiger partial charge on any atom is -0.465 e. The fraction of sp³-hybridized carbons (Fsp3) is 0. The van der Waals surface area contributed by atoms with Crippen LogP contribution in [-0.4, -0.2) is 0 Å². The molecule has 0 aliphatic carbocycles. The van der Waals surface area contributed by atoms with Crippen LogP contribution in [0.4, 0.5) is 4.39 Å². The van der Waals surface area contributed by atoms with Gasteiger partial charge in [0.2, 0.25) is 0 Å². The molecule has 0 unspecified atom stereocenters. The molecule has 0 fully saturated rings. The number of furan rings is 1. The van der Waals surface area contributed by atoms with Gasteiger partial charge in [0.1, 0.15) is 11.6 Å². The fourth-order valence-corrected chi connectivity index (χ4v) is 1.33. The lowest BCUT2D eigenvalue weighted by atomic mass is 10.1. The van der Waals surface area contributed by atoms with E-state index in [9.17, 15) is 4.39 Å². The van der Waals surface area contributed by atoms with Gasteiger partial charge in [-0.1, -0.05) is 12.1 Å². The molecule has 16 heavy (non-hydrogen) atoms. The van der Waals surface area contributed by atoms with E-state index in [4.69, 9.17) is 9.68 Å². The highest BCUT2D eigenvalue weighted by Gasteiger charge is 2.02. The third-order valence-corrected chi connectivity index (χ3v) is 2.11. The third-order valence-electron chi connectivity index (χ3n) is 2.11. The zero-order valence-electron chi connectivity index (χ0n) is 8.35. The molecule has 0 saturated heterocycles. The largest absolute Gasteiger partial charge is 0.465 e. The van der Waals surface area contributed by atoms with Crippen LogP contribution in [0.15, 0.2) is 47.1 Å². The van der Waals surface area contributed by atoms with E-state index in [0.29, 0.717) is 16.9 Å². The van der Waals surface area contributed by atoms with Gasteiger partial charge in [0.05, 0.1) is 17.9 Å². The summed E-state index contributed by atoms with van der Waals surface area (Å²) in [5, 5.41) is 8.99. The van der Waals surface area contributed by atoms with E-state index >= 15 is 0 Å². The van der Waals surface area contributed by atoms with Crippen LogP contribution in [0.2, 0.25) is 0 Å². The lowest BCUT2D eigenvalue weighted by Gasteiger charge is -1.97. The van der Waals surface area contributed by atoms with Crippen molar-refractivity contribution in [1.29, 1.82) is 5.26 Å². The zero-order chi connectivity index (χ0) is 11.4. The topological polar surface area (TPSA) is 36.9 Å². The van der Waals surface area contributed by atoms with Crippen molar-refractivity contribution >= 4 is 11.6 Å². The molecular weight excluding hydrogens is 205 g/mol. The van der Waals surface area contributed by atoms with E-state index in [-0.39, 0.29) is 5.82 Å². The van der Waals surface area contributed by atoms with Crippen molar-refractivity contribution in [2.24, 2.45) is 0 Å². The molecule has 3 heteroatoms. The number of hydrogen-bond donors (Lipinski definition) is 0. The summed E-state index contributed by atoms with van der Waals surface area (Å²) in [6, 6.07) is 11.3. The third kappa shape index (κ3) is 2.18. The summed E-state index contributed by atoms with van der Waals surface area (Å²) in [7, 11) is 0. The normalized spacial score (nSPS) is 11.1. The molecule has 1 aromatic heterocycles. The Kier molecular flexibility index (Phi) is 2.84. The van der Waals surface area contributed by atoms with Crippen molar-refractivity contribution < 1.29 is 8.81 Å². The second-order valence-corrected chi connectivity index (χ2v) is 3.19. The lowest BCUT2D eigenvalue weighted by Crippen LogP contribution is -1.82. The molecule has 1 heterocycles. The van der Waals surface area contributed by atoms with Crippen LogP contribution in [0.5, 0.6) is 0 Å². The van der Waals surface area contributed by atoms with Crippen LogP contribution in [-0.2, 0) is 0 Å². The van der Waals surface area contributed by atoms with Gasteiger partial charge in [0, 0.05) is 0 Å². The molecule has 1 aromatic carbocycles. The number of nitriles is 1. The Morgan fingerprint density at radius 1 is 1.25 bits per heavy atom. The van der Waals surface area contributed by atoms with Gasteiger partial charge in [-0.05, 0) is 35.9 Å². The number of hydrogen-bond acceptors (Lipinski definition) is 2. The summed E-state index contributed by atoms with van der Waals surface area (Å²) in [6.45, 7) is 0. The maximum Gasteiger partial charge on any atom is 0.127 e. The van der Waals surface area contributed by atoms with E-state index in [1.807, 2.05) is 0 Å². The summed E-state index contributed by atoms with van der Waals surface area (Å²) >= 11 is 0. The number of benzene rings is 1. The first-order chi connectivity index (χ1) is 7.79. The van der Waals surface area contributed by atoms with Crippen LogP contribution in [0.25, 0.3) is 11.6 Å². The first-order valence-corrected chi connectivity index (χ1v) is 4.71. The number of rotatable bonds is 2. The van der Waals surface area contributed by atoms with Crippen LogP contribution in [0.3, 0.4) is 0 Å². The van der Waals surface area contributed by atoms with Crippen molar-refractivity contribution in [2.75, 3.05) is 0 Å². The highest BCUT2D eigenvalue weighted by molar-refractivity contribution is 5.88. The van der Waals surface area contributed by atoms with Crippen LogP contribution < -0.4 is 0 Å². The van der Waals surface area contributed by atoms with Gasteiger partial charge < -0.3 is 4.42 Å². The standard InChI is InChI=1S/C13H8FNO/c14-12-5-3-10(4-6-12)11(9-15)8-13-2-1-7-16-13/h1-8H. The first kappa shape index (κ1) is 10.2. The molecule has 2 aromatic rings. The lowest BCUT2D eigenvalue weighted by molar-refractivity contribution is 0.557. The van der Waals surface area contributed by atoms with Gasteiger partial charge in [-0.3, -0.25) is 0 Å². The summed E-state index contributed by atoms with van der Waals surface area (Å²) in [4.78, 5) is 0. The average molecular weight is 213 g/mol. The molecule has 0 N–H and O–H groups in total. The van der Waals surface area contributed by atoms with Gasteiger partial charge in [0.15, 0.2) is 0 Å². The van der Waals surface area contributed by atoms with Crippen molar-refractivity contribution in [1.82, 2.24) is 0 Å². The quantitative estimate of drug-likeness (QED) is 0.716. The van der Waals surface area contributed by atoms with E-state index < -0.39 is 0 Å². The van der Waals surface area contributed by atoms with E-state index in [1.165, 1.54) is 18.4 Å². The second-order valence-electron chi connectivity index (χ2n) is 3.19. The smallest absolute Gasteiger partial charge is 0.127 e. The van der Waals surface area contributed by atoms with Gasteiger partial charge in [-0.25, -0.2) is 4.39 Å². The van der Waals surface area contributed by atoms with E-state index in [1.54, 1.807) is 30.3 Å². The van der Waals surface area contributed by atoms with Crippen molar-refractivity contribution in [3.63, 3.8) is 0 Å². The minimum absolute atomic E-state index is 0.320. The second kappa shape index (κ2) is 4.45. The molecule has 0 aliphatic heterocycles. The molecule has 0 saturated carbocycles. The molecule has 0 bridgehead atoms. The summed E-state index contributed by atoms with van der Waals surface area (Å²) < 4.78 is 17.8. The van der Waals surface area contributed by atoms with E-state index in [2.05, 4.69) is 6.07 Å². The molecular formula is C13H8FNO. The van der Waals surface area contributed by atoms with Crippen LogP contribution >= 0.6 is 0 Å². The first-order valence-electron chi connectivity index (χ1n) is 4.71. The van der Waals surface area contributed by atoms with Crippen LogP contribution in [0, 0.1) is 17.1 Å².